The van der Waals surface area contributed by atoms with E-state index >= 15 is 0 Å². The molecule has 3 rings (SSSR count). The van der Waals surface area contributed by atoms with Crippen molar-refractivity contribution in [2.75, 3.05) is 13.1 Å². The highest BCUT2D eigenvalue weighted by Gasteiger charge is 2.33. The molecule has 2 aliphatic rings. The Labute approximate surface area is 219 Å². The summed E-state index contributed by atoms with van der Waals surface area (Å²) in [6.45, 7) is 3.40. The van der Waals surface area contributed by atoms with Crippen molar-refractivity contribution < 1.29 is 23.9 Å². The minimum Gasteiger partial charge on any atom is -0.391 e. The van der Waals surface area contributed by atoms with Crippen LogP contribution >= 0.6 is 0 Å². The SMILES string of the molecule is CCCCC(NC(=O)[C@@H](CCC1CC1)NC(=O)[C@H](N)Cc1ccccc1)C(=O)OC(=O)C1CCNCC1. The molecule has 9 nitrogen and oxygen atoms in total. The number of hydrogen-bond acceptors (Lipinski definition) is 7. The van der Waals surface area contributed by atoms with Crippen molar-refractivity contribution in [2.45, 2.75) is 89.3 Å². The first kappa shape index (κ1) is 28.8. The van der Waals surface area contributed by atoms with Gasteiger partial charge in [-0.3, -0.25) is 14.4 Å². The van der Waals surface area contributed by atoms with Crippen LogP contribution in [0.4, 0.5) is 0 Å². The summed E-state index contributed by atoms with van der Waals surface area (Å²) in [4.78, 5) is 51.6. The molecule has 9 heteroatoms. The van der Waals surface area contributed by atoms with Crippen LogP contribution < -0.4 is 21.7 Å². The van der Waals surface area contributed by atoms with Crippen molar-refractivity contribution in [3.05, 3.63) is 35.9 Å². The van der Waals surface area contributed by atoms with E-state index in [0.29, 0.717) is 57.5 Å². The quantitative estimate of drug-likeness (QED) is 0.220. The maximum absolute atomic E-state index is 13.3. The maximum atomic E-state index is 13.3. The number of benzene rings is 1. The van der Waals surface area contributed by atoms with Gasteiger partial charge in [0.05, 0.1) is 12.0 Å². The molecule has 2 amide bonds. The molecule has 3 atom stereocenters. The number of carbonyl (C=O) groups is 4. The molecule has 1 aliphatic heterocycles. The summed E-state index contributed by atoms with van der Waals surface area (Å²) in [5.41, 5.74) is 7.08. The van der Waals surface area contributed by atoms with Gasteiger partial charge in [-0.25, -0.2) is 4.79 Å². The average molecular weight is 515 g/mol. The highest BCUT2D eigenvalue weighted by atomic mass is 16.6. The van der Waals surface area contributed by atoms with Gasteiger partial charge in [0.25, 0.3) is 0 Å². The second-order valence-corrected chi connectivity index (χ2v) is 10.3. The zero-order chi connectivity index (χ0) is 26.6. The van der Waals surface area contributed by atoms with Crippen LogP contribution in [0.1, 0.15) is 70.3 Å². The molecule has 1 aliphatic carbocycles. The number of nitrogens with two attached hydrogens (primary N) is 1. The van der Waals surface area contributed by atoms with Gasteiger partial charge in [0.2, 0.25) is 11.8 Å². The van der Waals surface area contributed by atoms with Gasteiger partial charge >= 0.3 is 11.9 Å². The van der Waals surface area contributed by atoms with E-state index in [1.807, 2.05) is 37.3 Å². The molecule has 1 heterocycles. The zero-order valence-corrected chi connectivity index (χ0v) is 21.9. The lowest BCUT2D eigenvalue weighted by Gasteiger charge is -2.25. The topological polar surface area (TPSA) is 140 Å². The van der Waals surface area contributed by atoms with Crippen LogP contribution in [0.2, 0.25) is 0 Å². The van der Waals surface area contributed by atoms with Crippen LogP contribution in [0.15, 0.2) is 30.3 Å². The monoisotopic (exact) mass is 514 g/mol. The fraction of sp³-hybridized carbons (Fsp3) is 0.643. The molecule has 0 bridgehead atoms. The number of piperidine rings is 1. The first-order chi connectivity index (χ1) is 17.9. The van der Waals surface area contributed by atoms with Crippen LogP contribution in [-0.2, 0) is 30.3 Å². The third-order valence-corrected chi connectivity index (χ3v) is 7.15. The number of unbranched alkanes of at least 4 members (excludes halogenated alkanes) is 1. The van der Waals surface area contributed by atoms with E-state index in [1.165, 1.54) is 0 Å². The predicted octanol–water partition coefficient (Wildman–Crippen LogP) is 1.98. The number of rotatable bonds is 14. The van der Waals surface area contributed by atoms with Crippen molar-refractivity contribution in [3.63, 3.8) is 0 Å². The molecule has 204 valence electrons. The van der Waals surface area contributed by atoms with Gasteiger partial charge < -0.3 is 26.4 Å². The van der Waals surface area contributed by atoms with E-state index in [4.69, 9.17) is 10.5 Å². The Morgan fingerprint density at radius 2 is 1.65 bits per heavy atom. The minimum absolute atomic E-state index is 0.315. The van der Waals surface area contributed by atoms with Gasteiger partial charge in [-0.05, 0) is 63.1 Å². The zero-order valence-electron chi connectivity index (χ0n) is 21.9. The summed E-state index contributed by atoms with van der Waals surface area (Å²) >= 11 is 0. The van der Waals surface area contributed by atoms with E-state index < -0.39 is 41.9 Å². The molecule has 1 unspecified atom stereocenters. The second kappa shape index (κ2) is 14.8. The number of ether oxygens (including phenoxy) is 1. The lowest BCUT2D eigenvalue weighted by molar-refractivity contribution is -0.165. The number of hydrogen-bond donors (Lipinski definition) is 4. The molecule has 37 heavy (non-hydrogen) atoms. The van der Waals surface area contributed by atoms with E-state index in [1.54, 1.807) is 0 Å². The number of carbonyl (C=O) groups excluding carboxylic acids is 4. The summed E-state index contributed by atoms with van der Waals surface area (Å²) in [7, 11) is 0. The Kier molecular flexibility index (Phi) is 11.5. The predicted molar refractivity (Wildman–Crippen MR) is 140 cm³/mol. The van der Waals surface area contributed by atoms with Crippen molar-refractivity contribution in [3.8, 4) is 0 Å². The summed E-state index contributed by atoms with van der Waals surface area (Å²) < 4.78 is 5.20. The molecule has 1 saturated heterocycles. The standard InChI is InChI=1S/C28H42N4O5/c1-2-3-9-24(28(36)37-27(35)21-14-16-30-17-15-21)32-26(34)23(13-12-19-10-11-19)31-25(33)22(29)18-20-7-5-4-6-8-20/h4-8,19,21-24,30H,2-3,9-18,29H2,1H3,(H,31,33)(H,32,34)/t22-,23-,24?/m1/s1. The molecule has 1 aromatic rings. The molecule has 2 fully saturated rings. The lowest BCUT2D eigenvalue weighted by Crippen LogP contribution is -2.55. The fourth-order valence-electron chi connectivity index (χ4n) is 4.56. The third kappa shape index (κ3) is 9.89. The van der Waals surface area contributed by atoms with Gasteiger partial charge in [0.15, 0.2) is 0 Å². The Balaban J connectivity index is 1.61. The molecule has 0 spiro atoms. The van der Waals surface area contributed by atoms with Crippen LogP contribution in [0.3, 0.4) is 0 Å². The Morgan fingerprint density at radius 1 is 0.973 bits per heavy atom. The van der Waals surface area contributed by atoms with Gasteiger partial charge in [-0.2, -0.15) is 0 Å². The Bertz CT molecular complexity index is 899. The van der Waals surface area contributed by atoms with Gasteiger partial charge in [0, 0.05) is 0 Å². The fourth-order valence-corrected chi connectivity index (χ4v) is 4.56. The van der Waals surface area contributed by atoms with Crippen LogP contribution in [-0.4, -0.2) is 55.0 Å². The first-order valence-electron chi connectivity index (χ1n) is 13.7. The largest absolute Gasteiger partial charge is 0.391 e. The molecule has 0 radical (unpaired) electrons. The minimum atomic E-state index is -0.948. The molecular formula is C28H42N4O5. The third-order valence-electron chi connectivity index (χ3n) is 7.15. The summed E-state index contributed by atoms with van der Waals surface area (Å²) in [6, 6.07) is 6.91. The molecule has 5 N–H and O–H groups in total. The molecule has 1 aromatic carbocycles. The van der Waals surface area contributed by atoms with Crippen LogP contribution in [0.5, 0.6) is 0 Å². The molecule has 0 aromatic heterocycles. The van der Waals surface area contributed by atoms with Crippen molar-refractivity contribution in [1.82, 2.24) is 16.0 Å². The number of amides is 2. The number of esters is 2. The first-order valence-corrected chi connectivity index (χ1v) is 13.7. The highest BCUT2D eigenvalue weighted by Crippen LogP contribution is 2.34. The summed E-state index contributed by atoms with van der Waals surface area (Å²) in [5, 5.41) is 8.76. The summed E-state index contributed by atoms with van der Waals surface area (Å²) in [5.74, 6) is -1.88. The van der Waals surface area contributed by atoms with E-state index in [9.17, 15) is 19.2 Å². The van der Waals surface area contributed by atoms with Crippen LogP contribution in [0, 0.1) is 11.8 Å². The van der Waals surface area contributed by atoms with Crippen molar-refractivity contribution in [2.24, 2.45) is 17.6 Å². The highest BCUT2D eigenvalue weighted by molar-refractivity contribution is 5.94. The van der Waals surface area contributed by atoms with E-state index in [0.717, 1.165) is 31.2 Å². The second-order valence-electron chi connectivity index (χ2n) is 10.3. The van der Waals surface area contributed by atoms with Gasteiger partial charge in [-0.1, -0.05) is 62.9 Å². The van der Waals surface area contributed by atoms with Gasteiger partial charge in [0.1, 0.15) is 12.1 Å². The van der Waals surface area contributed by atoms with Crippen molar-refractivity contribution in [1.29, 1.82) is 0 Å². The molecule has 1 saturated carbocycles. The van der Waals surface area contributed by atoms with Gasteiger partial charge in [-0.15, -0.1) is 0 Å². The van der Waals surface area contributed by atoms with Crippen molar-refractivity contribution >= 4 is 23.8 Å². The lowest BCUT2D eigenvalue weighted by atomic mass is 9.98. The molecular weight excluding hydrogens is 472 g/mol. The smallest absolute Gasteiger partial charge is 0.336 e. The summed E-state index contributed by atoms with van der Waals surface area (Å²) in [6.07, 6.45) is 6.98. The van der Waals surface area contributed by atoms with Crippen LogP contribution in [0.25, 0.3) is 0 Å². The Morgan fingerprint density at radius 3 is 2.30 bits per heavy atom. The normalized spacial score (nSPS) is 18.3. The number of nitrogens with one attached hydrogen (secondary N) is 3. The van der Waals surface area contributed by atoms with E-state index in [-0.39, 0.29) is 5.92 Å². The average Bonchev–Trinajstić information content (AvgIpc) is 3.74. The Hall–Kier alpha value is -2.78. The van der Waals surface area contributed by atoms with E-state index in [2.05, 4.69) is 16.0 Å². The maximum Gasteiger partial charge on any atom is 0.336 e.